The molecule has 0 radical (unpaired) electrons. The Morgan fingerprint density at radius 3 is 1.69 bits per heavy atom. The van der Waals surface area contributed by atoms with Gasteiger partial charge in [-0.2, -0.15) is 30.7 Å². The summed E-state index contributed by atoms with van der Waals surface area (Å²) in [6.07, 6.45) is -9.34. The Balaban J connectivity index is 0. The van der Waals surface area contributed by atoms with Gasteiger partial charge in [0.2, 0.25) is 0 Å². The lowest BCUT2D eigenvalue weighted by atomic mass is 10.3. The highest BCUT2D eigenvalue weighted by Gasteiger charge is 2.66. The van der Waals surface area contributed by atoms with Crippen LogP contribution in [0.3, 0.4) is 0 Å². The molecule has 0 bridgehead atoms. The van der Waals surface area contributed by atoms with Crippen molar-refractivity contribution in [1.82, 2.24) is 6.15 Å². The average Bonchev–Trinajstić information content (AvgIpc) is 2.02. The number of alkyl halides is 4. The Morgan fingerprint density at radius 2 is 1.44 bits per heavy atom. The van der Waals surface area contributed by atoms with Crippen LogP contribution in [-0.4, -0.2) is 23.1 Å². The maximum absolute atomic E-state index is 12.1. The molecular weight excluding hydrogens is 255 g/mol. The summed E-state index contributed by atoms with van der Waals surface area (Å²) in [5, 5.41) is 7.59. The summed E-state index contributed by atoms with van der Waals surface area (Å²) in [7, 11) is 0. The molecule has 0 unspecified atom stereocenters. The first-order valence-corrected chi connectivity index (χ1v) is 2.91. The minimum atomic E-state index is -5.92. The lowest BCUT2D eigenvalue weighted by Gasteiger charge is -2.21. The van der Waals surface area contributed by atoms with Gasteiger partial charge >= 0.3 is 30.1 Å². The zero-order valence-electron chi connectivity index (χ0n) is 7.12. The molecule has 0 rings (SSSR count). The maximum atomic E-state index is 12.1. The fourth-order valence-electron chi connectivity index (χ4n) is 0.340. The Kier molecular flexibility index (Phi) is 5.29. The van der Waals surface area contributed by atoms with Crippen LogP contribution in [-0.2, 0) is 9.53 Å². The monoisotopic (exact) mass is 259 g/mol. The fourth-order valence-corrected chi connectivity index (χ4v) is 0.340. The van der Waals surface area contributed by atoms with E-state index in [1.165, 1.54) is 0 Å². The lowest BCUT2D eigenvalue weighted by molar-refractivity contribution is -0.331. The van der Waals surface area contributed by atoms with Crippen molar-refractivity contribution in [3.63, 3.8) is 0 Å². The van der Waals surface area contributed by atoms with E-state index in [-0.39, 0.29) is 6.15 Å². The van der Waals surface area contributed by atoms with Crippen LogP contribution in [0.1, 0.15) is 0 Å². The first kappa shape index (κ1) is 16.9. The van der Waals surface area contributed by atoms with Crippen molar-refractivity contribution in [2.45, 2.75) is 12.0 Å². The molecule has 4 nitrogen and oxygen atoms in total. The molecule has 96 valence electrons. The lowest BCUT2D eigenvalue weighted by Crippen LogP contribution is -2.48. The molecule has 0 aliphatic carbocycles. The number of ether oxygens (including phenoxy) is 1. The van der Waals surface area contributed by atoms with Crippen LogP contribution in [0.5, 0.6) is 0 Å². The highest BCUT2D eigenvalue weighted by atomic mass is 19.3. The molecule has 0 saturated heterocycles. The van der Waals surface area contributed by atoms with Crippen LogP contribution >= 0.6 is 0 Å². The van der Waals surface area contributed by atoms with Crippen molar-refractivity contribution in [2.24, 2.45) is 0 Å². The van der Waals surface area contributed by atoms with Crippen LogP contribution in [0.4, 0.5) is 30.7 Å². The van der Waals surface area contributed by atoms with Crippen molar-refractivity contribution >= 4 is 5.97 Å². The molecule has 0 aromatic rings. The van der Waals surface area contributed by atoms with E-state index in [1.54, 1.807) is 0 Å². The first-order chi connectivity index (χ1) is 6.52. The molecule has 0 saturated carbocycles. The maximum Gasteiger partial charge on any atom is 0.478 e. The summed E-state index contributed by atoms with van der Waals surface area (Å²) < 4.78 is 84.6. The molecule has 4 N–H and O–H groups in total. The number of carboxylic acids is 1. The second kappa shape index (κ2) is 5.01. The first-order valence-electron chi connectivity index (χ1n) is 2.91. The zero-order valence-corrected chi connectivity index (χ0v) is 7.12. The van der Waals surface area contributed by atoms with Gasteiger partial charge in [-0.1, -0.05) is 0 Å². The topological polar surface area (TPSA) is 81.5 Å². The third-order valence-electron chi connectivity index (χ3n) is 1.00. The summed E-state index contributed by atoms with van der Waals surface area (Å²) in [6, 6.07) is -3.28. The van der Waals surface area contributed by atoms with Crippen molar-refractivity contribution < 1.29 is 45.4 Å². The number of hydrogen-bond donors (Lipinski definition) is 2. The molecule has 16 heavy (non-hydrogen) atoms. The minimum absolute atomic E-state index is 0. The van der Waals surface area contributed by atoms with E-state index in [9.17, 15) is 35.5 Å². The van der Waals surface area contributed by atoms with Crippen LogP contribution in [0.15, 0.2) is 12.1 Å². The number of hydrogen-bond acceptors (Lipinski definition) is 3. The molecule has 0 heterocycles. The summed E-state index contributed by atoms with van der Waals surface area (Å²) >= 11 is 0. The van der Waals surface area contributed by atoms with E-state index >= 15 is 0 Å². The zero-order chi connectivity index (χ0) is 12.4. The standard InChI is InChI=1S/C5HF7O3.H3N/c6-1(7)2(8)15-5(11,12)4(9,10)3(13)14;/h(H,13,14);1H3. The number of aliphatic carboxylic acids is 1. The average molecular weight is 259 g/mol. The summed E-state index contributed by atoms with van der Waals surface area (Å²) in [4.78, 5) is 9.58. The SMILES string of the molecule is N.O=C(O)C(F)(F)C(F)(F)OC(F)=C(F)F. The quantitative estimate of drug-likeness (QED) is 0.600. The summed E-state index contributed by atoms with van der Waals surface area (Å²) in [6.45, 7) is 0. The predicted octanol–water partition coefficient (Wildman–Crippen LogP) is 2.51. The van der Waals surface area contributed by atoms with Crippen LogP contribution < -0.4 is 6.15 Å². The van der Waals surface area contributed by atoms with E-state index in [2.05, 4.69) is 4.74 Å². The van der Waals surface area contributed by atoms with Gasteiger partial charge in [0.05, 0.1) is 0 Å². The summed E-state index contributed by atoms with van der Waals surface area (Å²) in [5.74, 6) is -9.18. The fraction of sp³-hybridized carbons (Fsp3) is 0.400. The molecule has 0 aliphatic heterocycles. The van der Waals surface area contributed by atoms with Gasteiger partial charge in [0, 0.05) is 0 Å². The molecule has 0 aromatic carbocycles. The molecule has 0 atom stereocenters. The van der Waals surface area contributed by atoms with Gasteiger partial charge in [0.1, 0.15) is 0 Å². The largest absolute Gasteiger partial charge is 0.478 e. The molecule has 0 fully saturated rings. The van der Waals surface area contributed by atoms with Crippen LogP contribution in [0, 0.1) is 0 Å². The van der Waals surface area contributed by atoms with E-state index in [0.29, 0.717) is 0 Å². The third kappa shape index (κ3) is 3.25. The Bertz CT molecular complexity index is 298. The Labute approximate surface area is 82.9 Å². The highest BCUT2D eigenvalue weighted by molar-refractivity contribution is 5.76. The van der Waals surface area contributed by atoms with Crippen molar-refractivity contribution in [3.8, 4) is 0 Å². The number of halogens is 7. The minimum Gasteiger partial charge on any atom is -0.477 e. The smallest absolute Gasteiger partial charge is 0.477 e. The van der Waals surface area contributed by atoms with Gasteiger partial charge in [-0.25, -0.2) is 4.79 Å². The van der Waals surface area contributed by atoms with Gasteiger partial charge in [0.15, 0.2) is 0 Å². The van der Waals surface area contributed by atoms with Crippen LogP contribution in [0.25, 0.3) is 0 Å². The van der Waals surface area contributed by atoms with Gasteiger partial charge in [-0.05, 0) is 0 Å². The molecule has 0 spiro atoms. The van der Waals surface area contributed by atoms with Crippen LogP contribution in [0.2, 0.25) is 0 Å². The van der Waals surface area contributed by atoms with Crippen molar-refractivity contribution in [2.75, 3.05) is 0 Å². The van der Waals surface area contributed by atoms with Gasteiger partial charge < -0.3 is 16.0 Å². The summed E-state index contributed by atoms with van der Waals surface area (Å²) in [5.41, 5.74) is 0. The molecule has 11 heteroatoms. The number of rotatable bonds is 4. The molecular formula is C5H4F7NO3. The van der Waals surface area contributed by atoms with Crippen molar-refractivity contribution in [1.29, 1.82) is 0 Å². The van der Waals surface area contributed by atoms with Crippen molar-refractivity contribution in [3.05, 3.63) is 12.1 Å². The molecule has 0 aromatic heterocycles. The van der Waals surface area contributed by atoms with E-state index in [4.69, 9.17) is 5.11 Å². The Morgan fingerprint density at radius 1 is 1.06 bits per heavy atom. The van der Waals surface area contributed by atoms with E-state index in [1.807, 2.05) is 0 Å². The highest BCUT2D eigenvalue weighted by Crippen LogP contribution is 2.38. The second-order valence-corrected chi connectivity index (χ2v) is 2.03. The predicted molar refractivity (Wildman–Crippen MR) is 34.0 cm³/mol. The Hall–Kier alpha value is -1.52. The van der Waals surface area contributed by atoms with Gasteiger partial charge in [-0.15, -0.1) is 0 Å². The third-order valence-corrected chi connectivity index (χ3v) is 1.00. The molecule has 0 aliphatic rings. The van der Waals surface area contributed by atoms with Gasteiger partial charge in [-0.3, -0.25) is 0 Å². The molecule has 0 amide bonds. The second-order valence-electron chi connectivity index (χ2n) is 2.03. The number of carboxylic acid groups (broad SMARTS) is 1. The normalized spacial score (nSPS) is 11.4. The van der Waals surface area contributed by atoms with E-state index < -0.39 is 30.1 Å². The van der Waals surface area contributed by atoms with Gasteiger partial charge in [0.25, 0.3) is 0 Å². The number of carbonyl (C=O) groups is 1. The van der Waals surface area contributed by atoms with E-state index in [0.717, 1.165) is 0 Å².